The van der Waals surface area contributed by atoms with Gasteiger partial charge in [0.05, 0.1) is 17.9 Å². The summed E-state index contributed by atoms with van der Waals surface area (Å²) >= 11 is 0. The van der Waals surface area contributed by atoms with Gasteiger partial charge in [-0.15, -0.1) is 0 Å². The highest BCUT2D eigenvalue weighted by Gasteiger charge is 2.29. The Morgan fingerprint density at radius 3 is 2.76 bits per heavy atom. The third kappa shape index (κ3) is 3.35. The second-order valence-electron chi connectivity index (χ2n) is 6.14. The molecule has 114 valence electrons. The highest BCUT2D eigenvalue weighted by molar-refractivity contribution is 5.95. The van der Waals surface area contributed by atoms with E-state index in [-0.39, 0.29) is 11.9 Å². The molecule has 0 aromatic carbocycles. The zero-order valence-electron chi connectivity index (χ0n) is 12.6. The van der Waals surface area contributed by atoms with Gasteiger partial charge in [0.1, 0.15) is 5.82 Å². The van der Waals surface area contributed by atoms with Crippen LogP contribution in [0.4, 0.5) is 11.5 Å². The van der Waals surface area contributed by atoms with Gasteiger partial charge in [-0.05, 0) is 50.3 Å². The molecule has 0 bridgehead atoms. The Balaban J connectivity index is 1.60. The molecular formula is C16H24N4O. The van der Waals surface area contributed by atoms with E-state index in [2.05, 4.69) is 27.4 Å². The van der Waals surface area contributed by atoms with Crippen molar-refractivity contribution in [3.63, 3.8) is 0 Å². The van der Waals surface area contributed by atoms with Gasteiger partial charge in [0.15, 0.2) is 0 Å². The molecule has 21 heavy (non-hydrogen) atoms. The van der Waals surface area contributed by atoms with Crippen LogP contribution in [-0.2, 0) is 4.79 Å². The van der Waals surface area contributed by atoms with Crippen LogP contribution in [0.3, 0.4) is 0 Å². The van der Waals surface area contributed by atoms with Crippen LogP contribution in [0.2, 0.25) is 0 Å². The van der Waals surface area contributed by atoms with E-state index in [9.17, 15) is 4.79 Å². The Labute approximate surface area is 126 Å². The van der Waals surface area contributed by atoms with Gasteiger partial charge in [-0.25, -0.2) is 4.98 Å². The van der Waals surface area contributed by atoms with E-state index < -0.39 is 0 Å². The summed E-state index contributed by atoms with van der Waals surface area (Å²) in [5, 5.41) is 6.21. The van der Waals surface area contributed by atoms with Gasteiger partial charge in [0.2, 0.25) is 5.91 Å². The van der Waals surface area contributed by atoms with Gasteiger partial charge >= 0.3 is 0 Å². The number of carbonyl (C=O) groups excluding carboxylic acids is 1. The summed E-state index contributed by atoms with van der Waals surface area (Å²) in [5.74, 6) is 1.46. The minimum absolute atomic E-state index is 0.0486. The fraction of sp³-hybridized carbons (Fsp3) is 0.625. The van der Waals surface area contributed by atoms with Crippen LogP contribution >= 0.6 is 0 Å². The molecule has 2 atom stereocenters. The van der Waals surface area contributed by atoms with E-state index in [0.717, 1.165) is 37.6 Å². The predicted molar refractivity (Wildman–Crippen MR) is 84.5 cm³/mol. The fourth-order valence-electron chi connectivity index (χ4n) is 3.18. The number of rotatable bonds is 3. The van der Waals surface area contributed by atoms with Crippen LogP contribution in [0.5, 0.6) is 0 Å². The lowest BCUT2D eigenvalue weighted by Gasteiger charge is -2.27. The number of nitrogens with zero attached hydrogens (tertiary/aromatic N) is 2. The average Bonchev–Trinajstić information content (AvgIpc) is 2.95. The van der Waals surface area contributed by atoms with E-state index in [0.29, 0.717) is 5.92 Å². The maximum atomic E-state index is 12.2. The minimum Gasteiger partial charge on any atom is -0.357 e. The molecule has 1 aromatic rings. The first-order valence-corrected chi connectivity index (χ1v) is 7.99. The van der Waals surface area contributed by atoms with Crippen molar-refractivity contribution in [3.05, 3.63) is 18.3 Å². The van der Waals surface area contributed by atoms with Crippen molar-refractivity contribution in [2.24, 2.45) is 5.92 Å². The Morgan fingerprint density at radius 2 is 2.14 bits per heavy atom. The smallest absolute Gasteiger partial charge is 0.241 e. The molecule has 0 radical (unpaired) electrons. The topological polar surface area (TPSA) is 57.3 Å². The minimum atomic E-state index is -0.0771. The average molecular weight is 288 g/mol. The number of nitrogens with one attached hydrogen (secondary N) is 2. The van der Waals surface area contributed by atoms with Crippen LogP contribution < -0.4 is 15.5 Å². The molecule has 1 aromatic heterocycles. The standard InChI is InChI=1S/C16H24N4O/c1-12-7-8-17-15(12)16(21)19-13-5-6-14(18-11-13)20-9-3-2-4-10-20/h5-6,11-12,15,17H,2-4,7-10H2,1H3,(H,19,21). The molecule has 5 heteroatoms. The number of carbonyl (C=O) groups is 1. The Morgan fingerprint density at radius 1 is 1.33 bits per heavy atom. The van der Waals surface area contributed by atoms with Crippen molar-refractivity contribution >= 4 is 17.4 Å². The third-order valence-corrected chi connectivity index (χ3v) is 4.51. The second kappa shape index (κ2) is 6.43. The van der Waals surface area contributed by atoms with Crippen molar-refractivity contribution in [2.45, 2.75) is 38.6 Å². The van der Waals surface area contributed by atoms with E-state index in [1.54, 1.807) is 6.20 Å². The quantitative estimate of drug-likeness (QED) is 0.893. The lowest BCUT2D eigenvalue weighted by atomic mass is 10.0. The number of amides is 1. The molecule has 3 heterocycles. The molecule has 2 N–H and O–H groups in total. The SMILES string of the molecule is CC1CCNC1C(=O)Nc1ccc(N2CCCCC2)nc1. The first-order chi connectivity index (χ1) is 10.2. The lowest BCUT2D eigenvalue weighted by Crippen LogP contribution is -2.39. The maximum absolute atomic E-state index is 12.2. The van der Waals surface area contributed by atoms with Gasteiger partial charge in [0, 0.05) is 13.1 Å². The van der Waals surface area contributed by atoms with Crippen molar-refractivity contribution in [1.82, 2.24) is 10.3 Å². The van der Waals surface area contributed by atoms with Crippen LogP contribution in [0.1, 0.15) is 32.6 Å². The molecule has 1 amide bonds. The van der Waals surface area contributed by atoms with Gasteiger partial charge in [-0.1, -0.05) is 6.92 Å². The van der Waals surface area contributed by atoms with Gasteiger partial charge < -0.3 is 15.5 Å². The molecule has 0 spiro atoms. The number of piperidine rings is 1. The van der Waals surface area contributed by atoms with Crippen LogP contribution in [-0.4, -0.2) is 36.6 Å². The Bertz CT molecular complexity index is 482. The number of anilines is 2. The first kappa shape index (κ1) is 14.3. The zero-order valence-corrected chi connectivity index (χ0v) is 12.6. The summed E-state index contributed by atoms with van der Waals surface area (Å²) in [6, 6.07) is 3.88. The van der Waals surface area contributed by atoms with Gasteiger partial charge in [0.25, 0.3) is 0 Å². The molecule has 2 saturated heterocycles. The summed E-state index contributed by atoms with van der Waals surface area (Å²) in [7, 11) is 0. The van der Waals surface area contributed by atoms with E-state index >= 15 is 0 Å². The molecule has 2 fully saturated rings. The molecule has 5 nitrogen and oxygen atoms in total. The molecular weight excluding hydrogens is 264 g/mol. The fourth-order valence-corrected chi connectivity index (χ4v) is 3.18. The van der Waals surface area contributed by atoms with Crippen LogP contribution in [0, 0.1) is 5.92 Å². The van der Waals surface area contributed by atoms with Crippen molar-refractivity contribution < 1.29 is 4.79 Å². The number of hydrogen-bond acceptors (Lipinski definition) is 4. The monoisotopic (exact) mass is 288 g/mol. The third-order valence-electron chi connectivity index (χ3n) is 4.51. The van der Waals surface area contributed by atoms with E-state index in [4.69, 9.17) is 0 Å². The normalized spacial score (nSPS) is 25.9. The lowest BCUT2D eigenvalue weighted by molar-refractivity contribution is -0.118. The molecule has 2 aliphatic heterocycles. The number of aromatic nitrogens is 1. The molecule has 0 aliphatic carbocycles. The molecule has 2 aliphatic rings. The maximum Gasteiger partial charge on any atom is 0.241 e. The molecule has 2 unspecified atom stereocenters. The molecule has 0 saturated carbocycles. The zero-order chi connectivity index (χ0) is 14.7. The number of pyridine rings is 1. The predicted octanol–water partition coefficient (Wildman–Crippen LogP) is 2.01. The summed E-state index contributed by atoms with van der Waals surface area (Å²) in [4.78, 5) is 19.0. The van der Waals surface area contributed by atoms with E-state index in [1.165, 1.54) is 19.3 Å². The molecule has 3 rings (SSSR count). The van der Waals surface area contributed by atoms with Gasteiger partial charge in [-0.3, -0.25) is 4.79 Å². The summed E-state index contributed by atoms with van der Waals surface area (Å²) < 4.78 is 0. The largest absolute Gasteiger partial charge is 0.357 e. The van der Waals surface area contributed by atoms with Gasteiger partial charge in [-0.2, -0.15) is 0 Å². The Kier molecular flexibility index (Phi) is 4.39. The summed E-state index contributed by atoms with van der Waals surface area (Å²) in [6.07, 6.45) is 6.62. The van der Waals surface area contributed by atoms with Crippen LogP contribution in [0.15, 0.2) is 18.3 Å². The first-order valence-electron chi connectivity index (χ1n) is 7.99. The summed E-state index contributed by atoms with van der Waals surface area (Å²) in [5.41, 5.74) is 0.779. The Hall–Kier alpha value is -1.62. The second-order valence-corrected chi connectivity index (χ2v) is 6.14. The highest BCUT2D eigenvalue weighted by Crippen LogP contribution is 2.20. The van der Waals surface area contributed by atoms with Crippen molar-refractivity contribution in [3.8, 4) is 0 Å². The van der Waals surface area contributed by atoms with Crippen molar-refractivity contribution in [2.75, 3.05) is 29.9 Å². The highest BCUT2D eigenvalue weighted by atomic mass is 16.2. The van der Waals surface area contributed by atoms with Crippen molar-refractivity contribution in [1.29, 1.82) is 0 Å². The summed E-state index contributed by atoms with van der Waals surface area (Å²) in [6.45, 7) is 5.21. The van der Waals surface area contributed by atoms with E-state index in [1.807, 2.05) is 12.1 Å². The van der Waals surface area contributed by atoms with Crippen LogP contribution in [0.25, 0.3) is 0 Å². The number of hydrogen-bond donors (Lipinski definition) is 2.